The molecule has 0 aliphatic carbocycles. The average Bonchev–Trinajstić information content (AvgIpc) is 3.48. The van der Waals surface area contributed by atoms with Crippen LogP contribution in [0.4, 0.5) is 17.2 Å². The van der Waals surface area contributed by atoms with E-state index < -0.39 is 0 Å². The summed E-state index contributed by atoms with van der Waals surface area (Å²) in [6.07, 6.45) is 1.83. The molecule has 0 aliphatic rings. The lowest BCUT2D eigenvalue weighted by Gasteiger charge is -2.25. The van der Waals surface area contributed by atoms with Crippen LogP contribution in [0.2, 0.25) is 0 Å². The Morgan fingerprint density at radius 3 is 1.57 bits per heavy atom. The first-order valence-corrected chi connectivity index (χ1v) is 14.8. The van der Waals surface area contributed by atoms with E-state index in [4.69, 9.17) is 9.40 Å². The Balaban J connectivity index is 1.24. The zero-order valence-corrected chi connectivity index (χ0v) is 24.0. The Kier molecular flexibility index (Phi) is 6.47. The standard InChI is InChI=1S/C41H28N2O/c1-3-11-29(12-4-1)30-19-23-33(24-20-30)43(41-27-38-37-17-9-10-18-39(37)44-40(38)28-42-41)34-25-21-32(22-26-34)36-16-8-7-15-35(36)31-13-5-2-6-14-31/h1-28H. The normalized spacial score (nSPS) is 11.2. The lowest BCUT2D eigenvalue weighted by atomic mass is 9.94. The molecule has 0 N–H and O–H groups in total. The van der Waals surface area contributed by atoms with Crippen LogP contribution in [0.1, 0.15) is 0 Å². The summed E-state index contributed by atoms with van der Waals surface area (Å²) in [5.41, 5.74) is 10.8. The smallest absolute Gasteiger partial charge is 0.153 e. The molecule has 8 rings (SSSR count). The van der Waals surface area contributed by atoms with Gasteiger partial charge in [0.25, 0.3) is 0 Å². The van der Waals surface area contributed by atoms with Gasteiger partial charge in [0.05, 0.1) is 6.20 Å². The molecule has 0 saturated carbocycles. The van der Waals surface area contributed by atoms with Gasteiger partial charge in [-0.3, -0.25) is 4.90 Å². The van der Waals surface area contributed by atoms with E-state index in [1.54, 1.807) is 0 Å². The molecular weight excluding hydrogens is 536 g/mol. The fourth-order valence-corrected chi connectivity index (χ4v) is 5.98. The summed E-state index contributed by atoms with van der Waals surface area (Å²) in [4.78, 5) is 7.11. The van der Waals surface area contributed by atoms with Gasteiger partial charge in [-0.25, -0.2) is 4.98 Å². The number of nitrogens with zero attached hydrogens (tertiary/aromatic N) is 2. The molecule has 0 saturated heterocycles. The molecule has 6 aromatic carbocycles. The van der Waals surface area contributed by atoms with Gasteiger partial charge in [0, 0.05) is 22.1 Å². The minimum Gasteiger partial charge on any atom is -0.454 e. The molecular formula is C41H28N2O. The zero-order valence-electron chi connectivity index (χ0n) is 24.0. The van der Waals surface area contributed by atoms with Crippen molar-refractivity contribution in [2.45, 2.75) is 0 Å². The SMILES string of the molecule is c1ccc(-c2ccc(N(c3ccc(-c4ccccc4-c4ccccc4)cc3)c3cc4c(cn3)oc3ccccc34)cc2)cc1. The number of para-hydroxylation sites is 1. The maximum Gasteiger partial charge on any atom is 0.153 e. The number of anilines is 3. The van der Waals surface area contributed by atoms with Crippen LogP contribution in [0.15, 0.2) is 174 Å². The molecule has 0 aliphatic heterocycles. The van der Waals surface area contributed by atoms with Crippen molar-refractivity contribution in [3.05, 3.63) is 170 Å². The van der Waals surface area contributed by atoms with E-state index >= 15 is 0 Å². The number of pyridine rings is 1. The van der Waals surface area contributed by atoms with Crippen molar-refractivity contribution in [1.82, 2.24) is 4.98 Å². The molecule has 0 amide bonds. The molecule has 208 valence electrons. The molecule has 0 atom stereocenters. The fourth-order valence-electron chi connectivity index (χ4n) is 5.98. The lowest BCUT2D eigenvalue weighted by molar-refractivity contribution is 0.667. The summed E-state index contributed by atoms with van der Waals surface area (Å²) >= 11 is 0. The van der Waals surface area contributed by atoms with Gasteiger partial charge >= 0.3 is 0 Å². The van der Waals surface area contributed by atoms with Crippen molar-refractivity contribution in [3.63, 3.8) is 0 Å². The third-order valence-corrected chi connectivity index (χ3v) is 8.16. The molecule has 0 radical (unpaired) electrons. The monoisotopic (exact) mass is 564 g/mol. The second kappa shape index (κ2) is 11.0. The molecule has 0 bridgehead atoms. The second-order valence-corrected chi connectivity index (χ2v) is 10.8. The number of hydrogen-bond donors (Lipinski definition) is 0. The highest BCUT2D eigenvalue weighted by Gasteiger charge is 2.17. The van der Waals surface area contributed by atoms with E-state index in [9.17, 15) is 0 Å². The van der Waals surface area contributed by atoms with Crippen molar-refractivity contribution in [2.75, 3.05) is 4.90 Å². The van der Waals surface area contributed by atoms with Gasteiger partial charge in [0.15, 0.2) is 5.58 Å². The number of fused-ring (bicyclic) bond motifs is 3. The van der Waals surface area contributed by atoms with E-state index in [2.05, 4.69) is 144 Å². The first-order valence-electron chi connectivity index (χ1n) is 14.8. The molecule has 0 spiro atoms. The van der Waals surface area contributed by atoms with Gasteiger partial charge in [-0.15, -0.1) is 0 Å². The highest BCUT2D eigenvalue weighted by molar-refractivity contribution is 6.05. The van der Waals surface area contributed by atoms with E-state index in [0.717, 1.165) is 44.7 Å². The van der Waals surface area contributed by atoms with E-state index in [-0.39, 0.29) is 0 Å². The van der Waals surface area contributed by atoms with Gasteiger partial charge in [0.2, 0.25) is 0 Å². The van der Waals surface area contributed by atoms with Crippen LogP contribution in [0.5, 0.6) is 0 Å². The van der Waals surface area contributed by atoms with E-state index in [1.165, 1.54) is 27.8 Å². The van der Waals surface area contributed by atoms with Crippen molar-refractivity contribution in [1.29, 1.82) is 0 Å². The van der Waals surface area contributed by atoms with Crippen LogP contribution in [0.3, 0.4) is 0 Å². The van der Waals surface area contributed by atoms with Crippen LogP contribution in [-0.2, 0) is 0 Å². The second-order valence-electron chi connectivity index (χ2n) is 10.8. The molecule has 8 aromatic rings. The Morgan fingerprint density at radius 1 is 0.409 bits per heavy atom. The van der Waals surface area contributed by atoms with Crippen LogP contribution < -0.4 is 4.90 Å². The minimum atomic E-state index is 0.780. The number of hydrogen-bond acceptors (Lipinski definition) is 3. The third-order valence-electron chi connectivity index (χ3n) is 8.16. The quantitative estimate of drug-likeness (QED) is 0.201. The van der Waals surface area contributed by atoms with E-state index in [1.807, 2.05) is 30.5 Å². The summed E-state index contributed by atoms with van der Waals surface area (Å²) in [6.45, 7) is 0. The summed E-state index contributed by atoms with van der Waals surface area (Å²) in [5, 5.41) is 2.13. The van der Waals surface area contributed by atoms with Crippen molar-refractivity contribution < 1.29 is 4.42 Å². The third kappa shape index (κ3) is 4.71. The van der Waals surface area contributed by atoms with Crippen LogP contribution in [-0.4, -0.2) is 4.98 Å². The van der Waals surface area contributed by atoms with Crippen molar-refractivity contribution >= 4 is 39.1 Å². The maximum absolute atomic E-state index is 6.09. The topological polar surface area (TPSA) is 29.3 Å². The van der Waals surface area contributed by atoms with E-state index in [0.29, 0.717) is 0 Å². The lowest BCUT2D eigenvalue weighted by Crippen LogP contribution is -2.11. The number of rotatable bonds is 6. The van der Waals surface area contributed by atoms with Crippen molar-refractivity contribution in [3.8, 4) is 33.4 Å². The summed E-state index contributed by atoms with van der Waals surface area (Å²) < 4.78 is 6.09. The molecule has 3 heteroatoms. The van der Waals surface area contributed by atoms with Gasteiger partial charge < -0.3 is 4.42 Å². The van der Waals surface area contributed by atoms with Gasteiger partial charge in [-0.1, -0.05) is 127 Å². The Bertz CT molecular complexity index is 2200. The predicted molar refractivity (Wildman–Crippen MR) is 183 cm³/mol. The van der Waals surface area contributed by atoms with Gasteiger partial charge in [-0.05, 0) is 69.8 Å². The van der Waals surface area contributed by atoms with Crippen LogP contribution in [0, 0.1) is 0 Å². The molecule has 44 heavy (non-hydrogen) atoms. The largest absolute Gasteiger partial charge is 0.454 e. The molecule has 2 aromatic heterocycles. The van der Waals surface area contributed by atoms with Crippen LogP contribution >= 0.6 is 0 Å². The summed E-state index contributed by atoms with van der Waals surface area (Å²) in [7, 11) is 0. The Labute approximate surface area is 256 Å². The Hall–Kier alpha value is -5.93. The molecule has 0 unspecified atom stereocenters. The predicted octanol–water partition coefficient (Wildman–Crippen LogP) is 11.5. The number of benzene rings is 6. The number of aromatic nitrogens is 1. The summed E-state index contributed by atoms with van der Waals surface area (Å²) in [5.74, 6) is 0.828. The minimum absolute atomic E-state index is 0.780. The highest BCUT2D eigenvalue weighted by Crippen LogP contribution is 2.39. The first kappa shape index (κ1) is 25.8. The van der Waals surface area contributed by atoms with Gasteiger partial charge in [0.1, 0.15) is 11.4 Å². The first-order chi connectivity index (χ1) is 21.8. The summed E-state index contributed by atoms with van der Waals surface area (Å²) in [6, 6.07) is 57.3. The zero-order chi connectivity index (χ0) is 29.3. The molecule has 2 heterocycles. The van der Waals surface area contributed by atoms with Gasteiger partial charge in [-0.2, -0.15) is 0 Å². The fraction of sp³-hybridized carbons (Fsp3) is 0. The van der Waals surface area contributed by atoms with Crippen LogP contribution in [0.25, 0.3) is 55.3 Å². The average molecular weight is 565 g/mol. The molecule has 3 nitrogen and oxygen atoms in total. The Morgan fingerprint density at radius 2 is 0.909 bits per heavy atom. The van der Waals surface area contributed by atoms with Crippen molar-refractivity contribution in [2.24, 2.45) is 0 Å². The maximum atomic E-state index is 6.09. The highest BCUT2D eigenvalue weighted by atomic mass is 16.3. The molecule has 0 fully saturated rings. The number of furan rings is 1.